The lowest BCUT2D eigenvalue weighted by atomic mass is 10.2. The van der Waals surface area contributed by atoms with Gasteiger partial charge in [0.15, 0.2) is 17.1 Å². The summed E-state index contributed by atoms with van der Waals surface area (Å²) < 4.78 is 10.3. The van der Waals surface area contributed by atoms with Gasteiger partial charge in [0.1, 0.15) is 11.8 Å². The second kappa shape index (κ2) is 5.31. The monoisotopic (exact) mass is 260 g/mol. The van der Waals surface area contributed by atoms with Crippen molar-refractivity contribution < 1.29 is 19.4 Å². The highest BCUT2D eigenvalue weighted by atomic mass is 16.7. The number of nitrogens with zero attached hydrogens (tertiary/aromatic N) is 1. The van der Waals surface area contributed by atoms with Crippen LogP contribution in [0.2, 0.25) is 0 Å². The van der Waals surface area contributed by atoms with Crippen LogP contribution in [0.25, 0.3) is 0 Å². The zero-order valence-corrected chi connectivity index (χ0v) is 10.3. The molecule has 2 N–H and O–H groups in total. The van der Waals surface area contributed by atoms with Crippen molar-refractivity contribution in [3.05, 3.63) is 29.5 Å². The highest BCUT2D eigenvalue weighted by Gasteiger charge is 2.17. The molecule has 19 heavy (non-hydrogen) atoms. The average Bonchev–Trinajstić information content (AvgIpc) is 2.86. The number of amides is 1. The molecule has 1 aromatic rings. The molecule has 0 unspecified atom stereocenters. The van der Waals surface area contributed by atoms with Crippen LogP contribution in [-0.2, 0) is 4.79 Å². The molecule has 0 saturated heterocycles. The molecule has 1 aliphatic heterocycles. The molecule has 1 amide bonds. The lowest BCUT2D eigenvalue weighted by Gasteiger charge is -2.06. The third-order valence-electron chi connectivity index (χ3n) is 2.59. The molecule has 1 aliphatic rings. The van der Waals surface area contributed by atoms with E-state index in [0.717, 1.165) is 0 Å². The molecule has 6 nitrogen and oxygen atoms in total. The summed E-state index contributed by atoms with van der Waals surface area (Å²) in [5.74, 6) is 0.243. The average molecular weight is 260 g/mol. The first kappa shape index (κ1) is 12.8. The topological polar surface area (TPSA) is 91.6 Å². The summed E-state index contributed by atoms with van der Waals surface area (Å²) in [6, 6.07) is 6.57. The molecule has 0 spiro atoms. The maximum Gasteiger partial charge on any atom is 0.269 e. The normalized spacial score (nSPS) is 13.5. The number of nitriles is 1. The first-order valence-electron chi connectivity index (χ1n) is 5.69. The van der Waals surface area contributed by atoms with Crippen molar-refractivity contribution in [1.82, 2.24) is 0 Å². The van der Waals surface area contributed by atoms with Crippen molar-refractivity contribution in [2.75, 3.05) is 12.1 Å². The number of carbonyl (C=O) groups is 1. The fourth-order valence-electron chi connectivity index (χ4n) is 1.59. The molecule has 0 bridgehead atoms. The fourth-order valence-corrected chi connectivity index (χ4v) is 1.59. The van der Waals surface area contributed by atoms with E-state index in [4.69, 9.17) is 14.7 Å². The maximum absolute atomic E-state index is 11.8. The number of fused-ring (bicyclic) bond motifs is 1. The van der Waals surface area contributed by atoms with Crippen molar-refractivity contribution in [2.24, 2.45) is 0 Å². The second-order valence-corrected chi connectivity index (χ2v) is 3.81. The molecule has 98 valence electrons. The largest absolute Gasteiger partial charge is 0.511 e. The predicted octanol–water partition coefficient (Wildman–Crippen LogP) is 2.10. The molecular weight excluding hydrogens is 248 g/mol. The molecule has 0 atom stereocenters. The Labute approximate surface area is 109 Å². The molecule has 0 fully saturated rings. The minimum atomic E-state index is -0.652. The number of hydrogen-bond donors (Lipinski definition) is 2. The van der Waals surface area contributed by atoms with Crippen molar-refractivity contribution in [1.29, 1.82) is 5.26 Å². The van der Waals surface area contributed by atoms with Gasteiger partial charge in [-0.3, -0.25) is 4.79 Å². The lowest BCUT2D eigenvalue weighted by molar-refractivity contribution is -0.112. The first-order chi connectivity index (χ1) is 9.15. The molecule has 0 radical (unpaired) electrons. The van der Waals surface area contributed by atoms with Gasteiger partial charge in [-0.05, 0) is 12.1 Å². The van der Waals surface area contributed by atoms with Crippen LogP contribution in [0.15, 0.2) is 29.5 Å². The van der Waals surface area contributed by atoms with Crippen molar-refractivity contribution in [3.63, 3.8) is 0 Å². The number of rotatable bonds is 3. The Morgan fingerprint density at radius 3 is 2.89 bits per heavy atom. The summed E-state index contributed by atoms with van der Waals surface area (Å²) in [5, 5.41) is 20.9. The summed E-state index contributed by atoms with van der Waals surface area (Å²) in [6.45, 7) is 1.80. The van der Waals surface area contributed by atoms with E-state index in [1.807, 2.05) is 0 Å². The maximum atomic E-state index is 11.8. The molecule has 1 heterocycles. The lowest BCUT2D eigenvalue weighted by Crippen LogP contribution is -2.15. The van der Waals surface area contributed by atoms with Gasteiger partial charge < -0.3 is 19.9 Å². The Bertz CT molecular complexity index is 587. The summed E-state index contributed by atoms with van der Waals surface area (Å²) in [7, 11) is 0. The molecule has 2 rings (SSSR count). The minimum Gasteiger partial charge on any atom is -0.511 e. The predicted molar refractivity (Wildman–Crippen MR) is 66.8 cm³/mol. The van der Waals surface area contributed by atoms with Gasteiger partial charge in [0.05, 0.1) is 0 Å². The van der Waals surface area contributed by atoms with E-state index >= 15 is 0 Å². The summed E-state index contributed by atoms with van der Waals surface area (Å²) in [4.78, 5) is 11.8. The number of anilines is 1. The zero-order valence-electron chi connectivity index (χ0n) is 10.3. The Morgan fingerprint density at radius 2 is 2.21 bits per heavy atom. The molecule has 0 saturated carbocycles. The standard InChI is InChI=1S/C13H12N2O4/c1-2-10(16)9(6-14)13(17)15-8-3-4-11-12(5-8)19-7-18-11/h3-5,16H,2,7H2,1H3,(H,15,17)/b10-9-. The van der Waals surface area contributed by atoms with Gasteiger partial charge in [0.2, 0.25) is 6.79 Å². The van der Waals surface area contributed by atoms with Gasteiger partial charge in [0.25, 0.3) is 5.91 Å². The Balaban J connectivity index is 2.18. The molecular formula is C13H12N2O4. The summed E-state index contributed by atoms with van der Waals surface area (Å²) >= 11 is 0. The summed E-state index contributed by atoms with van der Waals surface area (Å²) in [6.07, 6.45) is 0.220. The number of hydrogen-bond acceptors (Lipinski definition) is 5. The van der Waals surface area contributed by atoms with E-state index in [1.165, 1.54) is 0 Å². The van der Waals surface area contributed by atoms with Crippen LogP contribution in [0.3, 0.4) is 0 Å². The van der Waals surface area contributed by atoms with Gasteiger partial charge in [-0.2, -0.15) is 5.26 Å². The van der Waals surface area contributed by atoms with Crippen LogP contribution >= 0.6 is 0 Å². The number of ether oxygens (including phenoxy) is 2. The van der Waals surface area contributed by atoms with Gasteiger partial charge in [-0.1, -0.05) is 6.92 Å². The number of aliphatic hydroxyl groups excluding tert-OH is 1. The van der Waals surface area contributed by atoms with Crippen LogP contribution in [-0.4, -0.2) is 17.8 Å². The van der Waals surface area contributed by atoms with Crippen LogP contribution in [0, 0.1) is 11.3 Å². The summed E-state index contributed by atoms with van der Waals surface area (Å²) in [5.41, 5.74) is 0.172. The molecule has 0 aromatic heterocycles. The quantitative estimate of drug-likeness (QED) is 0.493. The smallest absolute Gasteiger partial charge is 0.269 e. The number of benzene rings is 1. The van der Waals surface area contributed by atoms with E-state index in [1.54, 1.807) is 31.2 Å². The van der Waals surface area contributed by atoms with Crippen LogP contribution in [0.4, 0.5) is 5.69 Å². The Morgan fingerprint density at radius 1 is 1.47 bits per heavy atom. The van der Waals surface area contributed by atoms with Crippen molar-refractivity contribution >= 4 is 11.6 Å². The highest BCUT2D eigenvalue weighted by molar-refractivity contribution is 6.07. The molecule has 1 aromatic carbocycles. The van der Waals surface area contributed by atoms with E-state index < -0.39 is 5.91 Å². The van der Waals surface area contributed by atoms with E-state index in [0.29, 0.717) is 17.2 Å². The molecule has 6 heteroatoms. The second-order valence-electron chi connectivity index (χ2n) is 3.81. The third-order valence-corrected chi connectivity index (χ3v) is 2.59. The van der Waals surface area contributed by atoms with E-state index in [2.05, 4.69) is 5.32 Å². The SMILES string of the molecule is CC/C(O)=C(\C#N)C(=O)Nc1ccc2c(c1)OCO2. The van der Waals surface area contributed by atoms with E-state index in [9.17, 15) is 9.90 Å². The number of carbonyl (C=O) groups excluding carboxylic acids is 1. The number of nitrogens with one attached hydrogen (secondary N) is 1. The minimum absolute atomic E-state index is 0.146. The fraction of sp³-hybridized carbons (Fsp3) is 0.231. The van der Waals surface area contributed by atoms with Gasteiger partial charge >= 0.3 is 0 Å². The van der Waals surface area contributed by atoms with Crippen LogP contribution < -0.4 is 14.8 Å². The number of allylic oxidation sites excluding steroid dienone is 1. The van der Waals surface area contributed by atoms with Crippen molar-refractivity contribution in [3.8, 4) is 17.6 Å². The Hall–Kier alpha value is -2.68. The Kier molecular flexibility index (Phi) is 3.57. The molecule has 0 aliphatic carbocycles. The van der Waals surface area contributed by atoms with Crippen LogP contribution in [0.5, 0.6) is 11.5 Å². The third kappa shape index (κ3) is 2.60. The zero-order chi connectivity index (χ0) is 13.8. The van der Waals surface area contributed by atoms with Gasteiger partial charge in [0, 0.05) is 18.2 Å². The van der Waals surface area contributed by atoms with Gasteiger partial charge in [-0.15, -0.1) is 0 Å². The number of aliphatic hydroxyl groups is 1. The van der Waals surface area contributed by atoms with Gasteiger partial charge in [-0.25, -0.2) is 0 Å². The first-order valence-corrected chi connectivity index (χ1v) is 5.69. The van der Waals surface area contributed by atoms with E-state index in [-0.39, 0.29) is 24.5 Å². The van der Waals surface area contributed by atoms with Crippen molar-refractivity contribution in [2.45, 2.75) is 13.3 Å². The highest BCUT2D eigenvalue weighted by Crippen LogP contribution is 2.34. The van der Waals surface area contributed by atoms with Crippen LogP contribution in [0.1, 0.15) is 13.3 Å².